The number of hydrogen-bond donors (Lipinski definition) is 1. The largest absolute Gasteiger partial charge is 0.469 e. The molecule has 0 aliphatic carbocycles. The predicted molar refractivity (Wildman–Crippen MR) is 67.2 cm³/mol. The summed E-state index contributed by atoms with van der Waals surface area (Å²) in [6.07, 6.45) is 1.80. The zero-order valence-corrected chi connectivity index (χ0v) is 9.93. The molecule has 2 rings (SSSR count). The summed E-state index contributed by atoms with van der Waals surface area (Å²) in [6, 6.07) is 10.9. The van der Waals surface area contributed by atoms with Gasteiger partial charge in [0.15, 0.2) is 0 Å². The Labute approximate surface area is 105 Å². The minimum atomic E-state index is -0.208. The summed E-state index contributed by atoms with van der Waals surface area (Å²) in [4.78, 5) is 11.8. The number of carbonyl (C=O) groups excluding carboxylic acids is 1. The number of furan rings is 1. The van der Waals surface area contributed by atoms with Crippen LogP contribution in [0.4, 0.5) is 5.69 Å². The zero-order valence-electron chi connectivity index (χ0n) is 9.93. The van der Waals surface area contributed by atoms with Gasteiger partial charge in [-0.05, 0) is 30.7 Å². The number of hydrogen-bond acceptors (Lipinski definition) is 3. The summed E-state index contributed by atoms with van der Waals surface area (Å²) < 4.78 is 5.08. The van der Waals surface area contributed by atoms with Crippen molar-refractivity contribution in [2.75, 3.05) is 5.32 Å². The highest BCUT2D eigenvalue weighted by Crippen LogP contribution is 2.13. The van der Waals surface area contributed by atoms with Crippen LogP contribution in [-0.4, -0.2) is 5.91 Å². The lowest BCUT2D eigenvalue weighted by molar-refractivity contribution is 0.102. The molecule has 0 aliphatic rings. The molecule has 4 heteroatoms. The second kappa shape index (κ2) is 5.19. The van der Waals surface area contributed by atoms with E-state index in [1.807, 2.05) is 12.1 Å². The average Bonchev–Trinajstić information content (AvgIpc) is 2.79. The van der Waals surface area contributed by atoms with E-state index in [2.05, 4.69) is 11.4 Å². The minimum Gasteiger partial charge on any atom is -0.469 e. The van der Waals surface area contributed by atoms with E-state index in [0.29, 0.717) is 23.4 Å². The molecule has 1 amide bonds. The Morgan fingerprint density at radius 3 is 2.67 bits per heavy atom. The van der Waals surface area contributed by atoms with E-state index in [1.165, 1.54) is 6.26 Å². The van der Waals surface area contributed by atoms with Gasteiger partial charge in [-0.3, -0.25) is 4.79 Å². The topological polar surface area (TPSA) is 66.0 Å². The van der Waals surface area contributed by atoms with Crippen LogP contribution >= 0.6 is 0 Å². The first-order valence-electron chi connectivity index (χ1n) is 5.51. The zero-order chi connectivity index (χ0) is 13.0. The highest BCUT2D eigenvalue weighted by molar-refractivity contribution is 6.04. The molecule has 0 saturated heterocycles. The van der Waals surface area contributed by atoms with Gasteiger partial charge in [0, 0.05) is 5.69 Å². The fourth-order valence-corrected chi connectivity index (χ4v) is 1.56. The Morgan fingerprint density at radius 1 is 1.39 bits per heavy atom. The van der Waals surface area contributed by atoms with E-state index in [9.17, 15) is 4.79 Å². The van der Waals surface area contributed by atoms with Gasteiger partial charge in [-0.1, -0.05) is 12.1 Å². The molecule has 0 spiro atoms. The fourth-order valence-electron chi connectivity index (χ4n) is 1.56. The van der Waals surface area contributed by atoms with Gasteiger partial charge in [-0.25, -0.2) is 0 Å². The maximum atomic E-state index is 11.8. The first-order chi connectivity index (χ1) is 8.69. The summed E-state index contributed by atoms with van der Waals surface area (Å²) in [5, 5.41) is 11.3. The van der Waals surface area contributed by atoms with Crippen molar-refractivity contribution in [1.29, 1.82) is 5.26 Å². The number of nitrogens with one attached hydrogen (secondary N) is 1. The van der Waals surface area contributed by atoms with E-state index < -0.39 is 0 Å². The summed E-state index contributed by atoms with van der Waals surface area (Å²) >= 11 is 0. The van der Waals surface area contributed by atoms with Gasteiger partial charge in [0.25, 0.3) is 5.91 Å². The molecular formula is C14H12N2O2. The molecule has 0 atom stereocenters. The normalized spacial score (nSPS) is 9.78. The van der Waals surface area contributed by atoms with Crippen molar-refractivity contribution in [2.45, 2.75) is 13.3 Å². The average molecular weight is 240 g/mol. The van der Waals surface area contributed by atoms with Crippen molar-refractivity contribution < 1.29 is 9.21 Å². The molecule has 1 heterocycles. The van der Waals surface area contributed by atoms with Crippen LogP contribution in [0.5, 0.6) is 0 Å². The van der Waals surface area contributed by atoms with Crippen molar-refractivity contribution in [1.82, 2.24) is 0 Å². The van der Waals surface area contributed by atoms with Crippen LogP contribution in [0.25, 0.3) is 0 Å². The third-order valence-corrected chi connectivity index (χ3v) is 2.49. The maximum absolute atomic E-state index is 11.8. The van der Waals surface area contributed by atoms with E-state index >= 15 is 0 Å². The van der Waals surface area contributed by atoms with Gasteiger partial charge in [0.1, 0.15) is 12.0 Å². The van der Waals surface area contributed by atoms with Crippen LogP contribution in [0.3, 0.4) is 0 Å². The second-order valence-electron chi connectivity index (χ2n) is 3.93. The summed E-state index contributed by atoms with van der Waals surface area (Å²) in [5.74, 6) is 0.490. The Balaban J connectivity index is 2.05. The van der Waals surface area contributed by atoms with Crippen molar-refractivity contribution in [3.63, 3.8) is 0 Å². The highest BCUT2D eigenvalue weighted by atomic mass is 16.3. The summed E-state index contributed by atoms with van der Waals surface area (Å²) in [6.45, 7) is 1.79. The third-order valence-electron chi connectivity index (χ3n) is 2.49. The lowest BCUT2D eigenvalue weighted by atomic mass is 10.1. The number of benzene rings is 1. The van der Waals surface area contributed by atoms with Crippen LogP contribution in [0.2, 0.25) is 0 Å². The number of carbonyl (C=O) groups is 1. The number of nitriles is 1. The second-order valence-corrected chi connectivity index (χ2v) is 3.93. The molecule has 2 aromatic rings. The van der Waals surface area contributed by atoms with Gasteiger partial charge in [0.2, 0.25) is 0 Å². The Morgan fingerprint density at radius 2 is 2.11 bits per heavy atom. The third kappa shape index (κ3) is 2.77. The molecule has 1 aromatic heterocycles. The Bertz CT molecular complexity index is 591. The lowest BCUT2D eigenvalue weighted by Crippen LogP contribution is -2.10. The van der Waals surface area contributed by atoms with Crippen LogP contribution in [0.15, 0.2) is 41.0 Å². The SMILES string of the molecule is Cc1cc(C(=O)Nc2ccc(CC#N)cc2)co1. The molecule has 1 N–H and O–H groups in total. The maximum Gasteiger partial charge on any atom is 0.258 e. The van der Waals surface area contributed by atoms with E-state index in [1.54, 1.807) is 25.1 Å². The molecule has 0 fully saturated rings. The molecular weight excluding hydrogens is 228 g/mol. The van der Waals surface area contributed by atoms with E-state index in [4.69, 9.17) is 9.68 Å². The summed E-state index contributed by atoms with van der Waals surface area (Å²) in [5.41, 5.74) is 2.11. The van der Waals surface area contributed by atoms with Gasteiger partial charge >= 0.3 is 0 Å². The van der Waals surface area contributed by atoms with Gasteiger partial charge in [-0.2, -0.15) is 5.26 Å². The molecule has 90 valence electrons. The van der Waals surface area contributed by atoms with E-state index in [0.717, 1.165) is 5.56 Å². The molecule has 18 heavy (non-hydrogen) atoms. The van der Waals surface area contributed by atoms with Crippen LogP contribution < -0.4 is 5.32 Å². The number of amides is 1. The van der Waals surface area contributed by atoms with Crippen LogP contribution in [0.1, 0.15) is 21.7 Å². The molecule has 0 unspecified atom stereocenters. The smallest absolute Gasteiger partial charge is 0.258 e. The van der Waals surface area contributed by atoms with Crippen molar-refractivity contribution >= 4 is 11.6 Å². The van der Waals surface area contributed by atoms with Crippen LogP contribution in [0, 0.1) is 18.3 Å². The molecule has 0 aliphatic heterocycles. The van der Waals surface area contributed by atoms with Gasteiger partial charge < -0.3 is 9.73 Å². The van der Waals surface area contributed by atoms with Crippen LogP contribution in [-0.2, 0) is 6.42 Å². The van der Waals surface area contributed by atoms with Crippen molar-refractivity contribution in [3.05, 3.63) is 53.5 Å². The van der Waals surface area contributed by atoms with Gasteiger partial charge in [-0.15, -0.1) is 0 Å². The monoisotopic (exact) mass is 240 g/mol. The van der Waals surface area contributed by atoms with E-state index in [-0.39, 0.29) is 5.91 Å². The molecule has 1 aromatic carbocycles. The predicted octanol–water partition coefficient (Wildman–Crippen LogP) is 2.91. The standard InChI is InChI=1S/C14H12N2O2/c1-10-8-12(9-18-10)14(17)16-13-4-2-11(3-5-13)6-7-15/h2-5,8-9H,6H2,1H3,(H,16,17). The van der Waals surface area contributed by atoms with Gasteiger partial charge in [0.05, 0.1) is 18.1 Å². The molecule has 0 saturated carbocycles. The fraction of sp³-hybridized carbons (Fsp3) is 0.143. The number of aryl methyl sites for hydroxylation is 1. The number of nitrogens with zero attached hydrogens (tertiary/aromatic N) is 1. The molecule has 0 radical (unpaired) electrons. The number of anilines is 1. The first kappa shape index (κ1) is 11.9. The Hall–Kier alpha value is -2.54. The summed E-state index contributed by atoms with van der Waals surface area (Å²) in [7, 11) is 0. The highest BCUT2D eigenvalue weighted by Gasteiger charge is 2.08. The number of rotatable bonds is 3. The van der Waals surface area contributed by atoms with Crippen molar-refractivity contribution in [3.8, 4) is 6.07 Å². The first-order valence-corrected chi connectivity index (χ1v) is 5.51. The molecule has 4 nitrogen and oxygen atoms in total. The quantitative estimate of drug-likeness (QED) is 0.896. The van der Waals surface area contributed by atoms with Crippen molar-refractivity contribution in [2.24, 2.45) is 0 Å². The molecule has 0 bridgehead atoms. The lowest BCUT2D eigenvalue weighted by Gasteiger charge is -2.03. The minimum absolute atomic E-state index is 0.208. The Kier molecular flexibility index (Phi) is 3.44.